The number of aromatic nitrogens is 1. The number of hydrogen-bond donors (Lipinski definition) is 3. The van der Waals surface area contributed by atoms with Crippen molar-refractivity contribution in [3.8, 4) is 0 Å². The molecule has 0 saturated heterocycles. The van der Waals surface area contributed by atoms with Crippen LogP contribution in [0.15, 0.2) is 60.0 Å². The van der Waals surface area contributed by atoms with Crippen LogP contribution < -0.4 is 15.4 Å². The Bertz CT molecular complexity index is 1200. The molecule has 0 radical (unpaired) electrons. The van der Waals surface area contributed by atoms with Crippen molar-refractivity contribution >= 4 is 54.2 Å². The Labute approximate surface area is 171 Å². The minimum Gasteiger partial charge on any atom is -0.322 e. The van der Waals surface area contributed by atoms with Gasteiger partial charge in [-0.05, 0) is 36.4 Å². The molecule has 3 N–H and O–H groups in total. The summed E-state index contributed by atoms with van der Waals surface area (Å²) in [5.74, 6) is -0.660. The van der Waals surface area contributed by atoms with Crippen molar-refractivity contribution in [2.24, 2.45) is 0 Å². The Kier molecular flexibility index (Phi) is 6.06. The monoisotopic (exact) mass is 430 g/mol. The Morgan fingerprint density at radius 3 is 2.69 bits per heavy atom. The average molecular weight is 431 g/mol. The molecule has 3 rings (SSSR count). The predicted octanol–water partition coefficient (Wildman–Crippen LogP) is 2.97. The van der Waals surface area contributed by atoms with E-state index in [1.807, 2.05) is 0 Å². The summed E-state index contributed by atoms with van der Waals surface area (Å²) in [5.41, 5.74) is 1.42. The van der Waals surface area contributed by atoms with Gasteiger partial charge in [-0.25, -0.2) is 18.1 Å². The molecule has 29 heavy (non-hydrogen) atoms. The fraction of sp³-hybridized carbons (Fsp3) is 0.105. The summed E-state index contributed by atoms with van der Waals surface area (Å²) in [6.45, 7) is 4.96. The lowest BCUT2D eigenvalue weighted by molar-refractivity contribution is -0.114. The first-order chi connectivity index (χ1) is 13.8. The quantitative estimate of drug-likeness (QED) is 0.498. The molecular weight excluding hydrogens is 412 g/mol. The molecule has 0 fully saturated rings. The maximum Gasteiger partial charge on any atom is 0.255 e. The van der Waals surface area contributed by atoms with E-state index in [2.05, 4.69) is 26.9 Å². The molecule has 8 nitrogen and oxygen atoms in total. The molecule has 0 spiro atoms. The third kappa shape index (κ3) is 5.05. The topological polar surface area (TPSA) is 117 Å². The highest BCUT2D eigenvalue weighted by molar-refractivity contribution is 7.89. The zero-order chi connectivity index (χ0) is 21.0. The molecule has 0 aliphatic carbocycles. The van der Waals surface area contributed by atoms with Crippen LogP contribution in [-0.4, -0.2) is 31.8 Å². The van der Waals surface area contributed by atoms with E-state index in [1.54, 1.807) is 18.2 Å². The van der Waals surface area contributed by atoms with Gasteiger partial charge in [-0.1, -0.05) is 23.5 Å². The van der Waals surface area contributed by atoms with Crippen molar-refractivity contribution in [2.75, 3.05) is 17.2 Å². The molecule has 0 atom stereocenters. The van der Waals surface area contributed by atoms with Crippen molar-refractivity contribution < 1.29 is 18.0 Å². The first-order valence-corrected chi connectivity index (χ1v) is 10.8. The first kappa shape index (κ1) is 20.6. The van der Waals surface area contributed by atoms with E-state index in [1.165, 1.54) is 48.6 Å². The number of nitrogens with zero attached hydrogens (tertiary/aromatic N) is 1. The molecule has 0 aliphatic rings. The second-order valence-electron chi connectivity index (χ2n) is 6.01. The molecule has 2 amide bonds. The van der Waals surface area contributed by atoms with Gasteiger partial charge in [0.05, 0.1) is 15.1 Å². The number of nitrogens with one attached hydrogen (secondary N) is 3. The zero-order valence-corrected chi connectivity index (χ0v) is 17.1. The molecule has 3 aromatic rings. The summed E-state index contributed by atoms with van der Waals surface area (Å²) in [6.07, 6.45) is 1.43. The van der Waals surface area contributed by atoms with Gasteiger partial charge in [-0.3, -0.25) is 9.59 Å². The highest BCUT2D eigenvalue weighted by Crippen LogP contribution is 2.28. The normalized spacial score (nSPS) is 11.2. The van der Waals surface area contributed by atoms with Gasteiger partial charge >= 0.3 is 0 Å². The van der Waals surface area contributed by atoms with E-state index in [4.69, 9.17) is 0 Å². The largest absolute Gasteiger partial charge is 0.322 e. The van der Waals surface area contributed by atoms with E-state index in [0.717, 1.165) is 4.70 Å². The molecule has 0 aliphatic heterocycles. The number of fused-ring (bicyclic) bond motifs is 1. The van der Waals surface area contributed by atoms with Crippen LogP contribution in [0, 0.1) is 0 Å². The number of benzene rings is 2. The number of amides is 2. The molecule has 1 aromatic heterocycles. The lowest BCUT2D eigenvalue weighted by atomic mass is 10.2. The number of carbonyl (C=O) groups is 2. The van der Waals surface area contributed by atoms with Gasteiger partial charge in [0.2, 0.25) is 15.9 Å². The molecule has 10 heteroatoms. The molecule has 0 bridgehead atoms. The standard InChI is InChI=1S/C19H18N4O4S2/c1-3-9-20-29(26,27)15-6-4-5-13(10-15)18(25)22-14-7-8-16-17(11-14)28-19(23-16)21-12(2)24/h3-8,10-11,20H,1,9H2,2H3,(H,22,25)(H,21,23,24). The van der Waals surface area contributed by atoms with E-state index in [0.29, 0.717) is 16.3 Å². The van der Waals surface area contributed by atoms with Gasteiger partial charge < -0.3 is 10.6 Å². The molecular formula is C19H18N4O4S2. The smallest absolute Gasteiger partial charge is 0.255 e. The SMILES string of the molecule is C=CCNS(=O)(=O)c1cccc(C(=O)Nc2ccc3nc(NC(C)=O)sc3c2)c1. The third-order valence-corrected chi connectivity index (χ3v) is 6.11. The Balaban J connectivity index is 1.80. The number of anilines is 2. The number of sulfonamides is 1. The first-order valence-electron chi connectivity index (χ1n) is 8.48. The van der Waals surface area contributed by atoms with Crippen molar-refractivity contribution in [2.45, 2.75) is 11.8 Å². The van der Waals surface area contributed by atoms with Gasteiger partial charge in [0.1, 0.15) is 0 Å². The van der Waals surface area contributed by atoms with Gasteiger partial charge in [-0.2, -0.15) is 0 Å². The average Bonchev–Trinajstić information content (AvgIpc) is 3.07. The third-order valence-electron chi connectivity index (χ3n) is 3.75. The summed E-state index contributed by atoms with van der Waals surface area (Å²) in [7, 11) is -3.73. The van der Waals surface area contributed by atoms with Crippen LogP contribution in [0.1, 0.15) is 17.3 Å². The molecule has 1 heterocycles. The number of thiazole rings is 1. The highest BCUT2D eigenvalue weighted by atomic mass is 32.2. The van der Waals surface area contributed by atoms with Crippen LogP contribution in [0.4, 0.5) is 10.8 Å². The Morgan fingerprint density at radius 1 is 1.17 bits per heavy atom. The highest BCUT2D eigenvalue weighted by Gasteiger charge is 2.16. The van der Waals surface area contributed by atoms with E-state index in [9.17, 15) is 18.0 Å². The molecule has 0 saturated carbocycles. The van der Waals surface area contributed by atoms with Crippen LogP contribution >= 0.6 is 11.3 Å². The second-order valence-corrected chi connectivity index (χ2v) is 8.80. The van der Waals surface area contributed by atoms with E-state index >= 15 is 0 Å². The van der Waals surface area contributed by atoms with Crippen LogP contribution in [0.25, 0.3) is 10.2 Å². The summed E-state index contributed by atoms with van der Waals surface area (Å²) < 4.78 is 27.6. The zero-order valence-electron chi connectivity index (χ0n) is 15.4. The van der Waals surface area contributed by atoms with Gasteiger partial charge in [0.25, 0.3) is 5.91 Å². The molecule has 150 valence electrons. The van der Waals surface area contributed by atoms with Gasteiger partial charge in [0, 0.05) is 24.7 Å². The van der Waals surface area contributed by atoms with Crippen LogP contribution in [-0.2, 0) is 14.8 Å². The van der Waals surface area contributed by atoms with E-state index in [-0.39, 0.29) is 22.9 Å². The summed E-state index contributed by atoms with van der Waals surface area (Å²) in [4.78, 5) is 28.0. The minimum absolute atomic E-state index is 0.00939. The van der Waals surface area contributed by atoms with Crippen molar-refractivity contribution in [3.05, 3.63) is 60.7 Å². The number of carbonyl (C=O) groups excluding carboxylic acids is 2. The fourth-order valence-corrected chi connectivity index (χ4v) is 4.46. The summed E-state index contributed by atoms with van der Waals surface area (Å²) in [5, 5.41) is 5.84. The van der Waals surface area contributed by atoms with Crippen molar-refractivity contribution in [1.82, 2.24) is 9.71 Å². The van der Waals surface area contributed by atoms with Crippen LogP contribution in [0.3, 0.4) is 0 Å². The summed E-state index contributed by atoms with van der Waals surface area (Å²) >= 11 is 1.29. The van der Waals surface area contributed by atoms with Crippen LogP contribution in [0.2, 0.25) is 0 Å². The predicted molar refractivity (Wildman–Crippen MR) is 114 cm³/mol. The summed E-state index contributed by atoms with van der Waals surface area (Å²) in [6, 6.07) is 10.9. The lowest BCUT2D eigenvalue weighted by Gasteiger charge is -2.08. The van der Waals surface area contributed by atoms with Crippen LogP contribution in [0.5, 0.6) is 0 Å². The maximum absolute atomic E-state index is 12.6. The van der Waals surface area contributed by atoms with Gasteiger partial charge in [-0.15, -0.1) is 6.58 Å². The number of hydrogen-bond acceptors (Lipinski definition) is 6. The van der Waals surface area contributed by atoms with E-state index < -0.39 is 15.9 Å². The fourth-order valence-electron chi connectivity index (χ4n) is 2.47. The Morgan fingerprint density at radius 2 is 1.97 bits per heavy atom. The Hall–Kier alpha value is -3.08. The van der Waals surface area contributed by atoms with Gasteiger partial charge in [0.15, 0.2) is 5.13 Å². The number of rotatable bonds is 7. The van der Waals surface area contributed by atoms with Crippen molar-refractivity contribution in [3.63, 3.8) is 0 Å². The van der Waals surface area contributed by atoms with Crippen molar-refractivity contribution in [1.29, 1.82) is 0 Å². The lowest BCUT2D eigenvalue weighted by Crippen LogP contribution is -2.24. The molecule has 0 unspecified atom stereocenters. The molecule has 2 aromatic carbocycles. The minimum atomic E-state index is -3.73. The maximum atomic E-state index is 12.6. The second kappa shape index (κ2) is 8.52.